The van der Waals surface area contributed by atoms with Crippen molar-refractivity contribution < 1.29 is 8.42 Å². The predicted octanol–water partition coefficient (Wildman–Crippen LogP) is 2.39. The van der Waals surface area contributed by atoms with Crippen LogP contribution >= 0.6 is 15.9 Å². The second kappa shape index (κ2) is 6.64. The lowest BCUT2D eigenvalue weighted by molar-refractivity contribution is 0.273. The molecule has 118 valence electrons. The fourth-order valence-electron chi connectivity index (χ4n) is 2.70. The highest BCUT2D eigenvalue weighted by atomic mass is 79.9. The van der Waals surface area contributed by atoms with E-state index in [1.165, 1.54) is 4.31 Å². The van der Waals surface area contributed by atoms with Crippen LogP contribution in [0.5, 0.6) is 0 Å². The number of anilines is 1. The summed E-state index contributed by atoms with van der Waals surface area (Å²) in [6, 6.07) is 3.81. The van der Waals surface area contributed by atoms with Crippen LogP contribution < -0.4 is 10.5 Å². The van der Waals surface area contributed by atoms with Gasteiger partial charge in [0.15, 0.2) is 0 Å². The fourth-order valence-corrected chi connectivity index (χ4v) is 4.88. The van der Waals surface area contributed by atoms with Crippen LogP contribution in [0, 0.1) is 19.8 Å². The molecule has 0 spiro atoms. The average Bonchev–Trinajstić information content (AvgIpc) is 2.43. The Hall–Kier alpha value is -0.630. The third kappa shape index (κ3) is 3.97. The Bertz CT molecular complexity index is 596. The molecule has 21 heavy (non-hydrogen) atoms. The van der Waals surface area contributed by atoms with Crippen LogP contribution in [0.4, 0.5) is 5.69 Å². The summed E-state index contributed by atoms with van der Waals surface area (Å²) >= 11 is 3.42. The van der Waals surface area contributed by atoms with Crippen molar-refractivity contribution in [3.8, 4) is 0 Å². The van der Waals surface area contributed by atoms with Crippen molar-refractivity contribution in [3.05, 3.63) is 27.7 Å². The highest BCUT2D eigenvalue weighted by Gasteiger charge is 2.28. The Morgan fingerprint density at radius 1 is 1.38 bits per heavy atom. The minimum Gasteiger partial charge on any atom is -0.330 e. The van der Waals surface area contributed by atoms with E-state index >= 15 is 0 Å². The summed E-state index contributed by atoms with van der Waals surface area (Å²) in [5, 5.41) is 0. The monoisotopic (exact) mass is 375 g/mol. The van der Waals surface area contributed by atoms with Gasteiger partial charge in [-0.15, -0.1) is 0 Å². The van der Waals surface area contributed by atoms with Gasteiger partial charge in [0.05, 0.1) is 5.69 Å². The van der Waals surface area contributed by atoms with Crippen molar-refractivity contribution in [3.63, 3.8) is 0 Å². The molecule has 5 nitrogen and oxygen atoms in total. The maximum absolute atomic E-state index is 12.6. The molecule has 0 saturated carbocycles. The number of hydrogen-bond acceptors (Lipinski definition) is 3. The molecule has 1 saturated heterocycles. The van der Waals surface area contributed by atoms with Gasteiger partial charge in [0.25, 0.3) is 0 Å². The molecular weight excluding hydrogens is 354 g/mol. The predicted molar refractivity (Wildman–Crippen MR) is 89.5 cm³/mol. The summed E-state index contributed by atoms with van der Waals surface area (Å²) in [5.41, 5.74) is 8.14. The molecule has 3 N–H and O–H groups in total. The van der Waals surface area contributed by atoms with Gasteiger partial charge >= 0.3 is 10.2 Å². The standard InChI is InChI=1S/C14H22BrN3O2S/c1-10-6-13(15)7-11(2)14(10)17-21(19,20)18-5-3-4-12(8-16)9-18/h6-7,12,17H,3-5,8-9,16H2,1-2H3. The van der Waals surface area contributed by atoms with E-state index in [2.05, 4.69) is 20.7 Å². The van der Waals surface area contributed by atoms with Gasteiger partial charge in [0.1, 0.15) is 0 Å². The number of hydrogen-bond donors (Lipinski definition) is 2. The molecule has 1 aliphatic heterocycles. The quantitative estimate of drug-likeness (QED) is 0.847. The molecule has 0 aromatic heterocycles. The highest BCUT2D eigenvalue weighted by Crippen LogP contribution is 2.27. The molecule has 1 heterocycles. The molecule has 1 aromatic rings. The average molecular weight is 376 g/mol. The van der Waals surface area contributed by atoms with Crippen LogP contribution in [0.3, 0.4) is 0 Å². The van der Waals surface area contributed by atoms with E-state index in [-0.39, 0.29) is 5.92 Å². The Balaban J connectivity index is 2.22. The molecule has 0 amide bonds. The van der Waals surface area contributed by atoms with Crippen LogP contribution in [0.2, 0.25) is 0 Å². The first kappa shape index (κ1) is 16.7. The molecule has 0 bridgehead atoms. The number of nitrogens with one attached hydrogen (secondary N) is 1. The third-order valence-corrected chi connectivity index (χ3v) is 5.81. The van der Waals surface area contributed by atoms with Gasteiger partial charge in [-0.3, -0.25) is 4.72 Å². The Labute approximate surface area is 135 Å². The second-order valence-corrected chi connectivity index (χ2v) is 8.21. The minimum atomic E-state index is -3.52. The summed E-state index contributed by atoms with van der Waals surface area (Å²) in [6.45, 7) is 5.38. The second-order valence-electron chi connectivity index (χ2n) is 5.62. The van der Waals surface area contributed by atoms with E-state index in [4.69, 9.17) is 5.73 Å². The molecule has 0 aliphatic carbocycles. The van der Waals surface area contributed by atoms with Gasteiger partial charge in [0, 0.05) is 17.6 Å². The first-order chi connectivity index (χ1) is 9.83. The number of benzene rings is 1. The summed E-state index contributed by atoms with van der Waals surface area (Å²) in [5.74, 6) is 0.252. The molecule has 1 aromatic carbocycles. The molecular formula is C14H22BrN3O2S. The number of rotatable bonds is 4. The third-order valence-electron chi connectivity index (χ3n) is 3.88. The smallest absolute Gasteiger partial charge is 0.301 e. The van der Waals surface area contributed by atoms with Gasteiger partial charge in [-0.2, -0.15) is 12.7 Å². The lowest BCUT2D eigenvalue weighted by atomic mass is 10.0. The lowest BCUT2D eigenvalue weighted by Gasteiger charge is -2.31. The molecule has 1 unspecified atom stereocenters. The molecule has 1 aliphatic rings. The van der Waals surface area contributed by atoms with Gasteiger partial charge < -0.3 is 5.73 Å². The molecule has 1 fully saturated rings. The SMILES string of the molecule is Cc1cc(Br)cc(C)c1NS(=O)(=O)N1CCCC(CN)C1. The van der Waals surface area contributed by atoms with E-state index in [1.54, 1.807) is 0 Å². The molecule has 7 heteroatoms. The lowest BCUT2D eigenvalue weighted by Crippen LogP contribution is -2.44. The van der Waals surface area contributed by atoms with Gasteiger partial charge in [0.2, 0.25) is 0 Å². The van der Waals surface area contributed by atoms with Gasteiger partial charge in [-0.1, -0.05) is 15.9 Å². The molecule has 1 atom stereocenters. The zero-order valence-corrected chi connectivity index (χ0v) is 14.8. The summed E-state index contributed by atoms with van der Waals surface area (Å²) in [6.07, 6.45) is 1.86. The van der Waals surface area contributed by atoms with Gasteiger partial charge in [-0.05, 0) is 62.4 Å². The van der Waals surface area contributed by atoms with E-state index in [1.807, 2.05) is 26.0 Å². The van der Waals surface area contributed by atoms with Crippen LogP contribution in [0.15, 0.2) is 16.6 Å². The molecule has 0 radical (unpaired) electrons. The number of nitrogens with zero attached hydrogens (tertiary/aromatic N) is 1. The highest BCUT2D eigenvalue weighted by molar-refractivity contribution is 9.10. The van der Waals surface area contributed by atoms with Crippen molar-refractivity contribution in [1.29, 1.82) is 0 Å². The number of piperidine rings is 1. The number of nitrogens with two attached hydrogens (primary N) is 1. The van der Waals surface area contributed by atoms with E-state index < -0.39 is 10.2 Å². The first-order valence-corrected chi connectivity index (χ1v) is 9.31. The molecule has 2 rings (SSSR count). The number of aryl methyl sites for hydroxylation is 2. The Morgan fingerprint density at radius 3 is 2.57 bits per heavy atom. The Kier molecular flexibility index (Phi) is 5.29. The Morgan fingerprint density at radius 2 is 2.00 bits per heavy atom. The maximum Gasteiger partial charge on any atom is 0.301 e. The van der Waals surface area contributed by atoms with Crippen molar-refractivity contribution >= 4 is 31.8 Å². The zero-order valence-electron chi connectivity index (χ0n) is 12.4. The van der Waals surface area contributed by atoms with Crippen molar-refractivity contribution in [2.24, 2.45) is 11.7 Å². The maximum atomic E-state index is 12.6. The topological polar surface area (TPSA) is 75.4 Å². The van der Waals surface area contributed by atoms with Crippen molar-refractivity contribution in [2.75, 3.05) is 24.4 Å². The minimum absolute atomic E-state index is 0.252. The first-order valence-electron chi connectivity index (χ1n) is 7.08. The summed E-state index contributed by atoms with van der Waals surface area (Å²) in [7, 11) is -3.52. The van der Waals surface area contributed by atoms with Crippen molar-refractivity contribution in [2.45, 2.75) is 26.7 Å². The van der Waals surface area contributed by atoms with E-state index in [0.29, 0.717) is 25.3 Å². The van der Waals surface area contributed by atoms with Crippen molar-refractivity contribution in [1.82, 2.24) is 4.31 Å². The van der Waals surface area contributed by atoms with Crippen LogP contribution in [0.1, 0.15) is 24.0 Å². The largest absolute Gasteiger partial charge is 0.330 e. The number of halogens is 1. The van der Waals surface area contributed by atoms with Gasteiger partial charge in [-0.25, -0.2) is 0 Å². The van der Waals surface area contributed by atoms with Crippen LogP contribution in [0.25, 0.3) is 0 Å². The van der Waals surface area contributed by atoms with E-state index in [9.17, 15) is 8.42 Å². The normalized spacial score (nSPS) is 20.5. The van der Waals surface area contributed by atoms with Crippen LogP contribution in [-0.2, 0) is 10.2 Å². The van der Waals surface area contributed by atoms with Crippen LogP contribution in [-0.4, -0.2) is 32.4 Å². The zero-order chi connectivity index (χ0) is 15.6. The van der Waals surface area contributed by atoms with E-state index in [0.717, 1.165) is 28.4 Å². The summed E-state index contributed by atoms with van der Waals surface area (Å²) < 4.78 is 30.3. The fraction of sp³-hybridized carbons (Fsp3) is 0.571. The summed E-state index contributed by atoms with van der Waals surface area (Å²) in [4.78, 5) is 0.